The second-order valence-electron chi connectivity index (χ2n) is 8.24. The van der Waals surface area contributed by atoms with Crippen molar-refractivity contribution in [2.24, 2.45) is 4.99 Å². The number of rotatable bonds is 5. The summed E-state index contributed by atoms with van der Waals surface area (Å²) >= 11 is 0. The van der Waals surface area contributed by atoms with Crippen molar-refractivity contribution in [2.45, 2.75) is 19.9 Å². The van der Waals surface area contributed by atoms with Crippen LogP contribution in [0, 0.1) is 0 Å². The summed E-state index contributed by atoms with van der Waals surface area (Å²) < 4.78 is 0. The third-order valence-electron chi connectivity index (χ3n) is 5.93. The summed E-state index contributed by atoms with van der Waals surface area (Å²) in [5, 5.41) is 6.14. The molecule has 0 unspecified atom stereocenters. The highest BCUT2D eigenvalue weighted by molar-refractivity contribution is 14.0. The molecule has 1 fully saturated rings. The number of hydrogen-bond acceptors (Lipinski definition) is 3. The molecule has 4 rings (SSSR count). The van der Waals surface area contributed by atoms with Crippen molar-refractivity contribution < 1.29 is 9.59 Å². The van der Waals surface area contributed by atoms with E-state index in [0.29, 0.717) is 25.2 Å². The first kappa shape index (κ1) is 25.7. The largest absolute Gasteiger partial charge is 0.356 e. The number of piperazine rings is 1. The van der Waals surface area contributed by atoms with Crippen molar-refractivity contribution in [3.8, 4) is 0 Å². The van der Waals surface area contributed by atoms with Crippen LogP contribution >= 0.6 is 24.0 Å². The molecular weight excluding hydrogens is 541 g/mol. The van der Waals surface area contributed by atoms with Crippen molar-refractivity contribution in [1.82, 2.24) is 20.4 Å². The number of nitrogens with zero attached hydrogens (tertiary/aromatic N) is 3. The van der Waals surface area contributed by atoms with Gasteiger partial charge in [-0.25, -0.2) is 4.99 Å². The lowest BCUT2D eigenvalue weighted by atomic mass is 10.00. The normalized spacial score (nSPS) is 16.3. The van der Waals surface area contributed by atoms with Crippen LogP contribution in [0.4, 0.5) is 0 Å². The van der Waals surface area contributed by atoms with Gasteiger partial charge < -0.3 is 20.4 Å². The van der Waals surface area contributed by atoms with Gasteiger partial charge in [0.2, 0.25) is 5.91 Å². The third kappa shape index (κ3) is 6.59. The van der Waals surface area contributed by atoms with Crippen LogP contribution < -0.4 is 10.6 Å². The number of amides is 2. The van der Waals surface area contributed by atoms with E-state index in [1.54, 1.807) is 4.90 Å². The van der Waals surface area contributed by atoms with Crippen LogP contribution in [0.15, 0.2) is 65.7 Å². The lowest BCUT2D eigenvalue weighted by Gasteiger charge is -2.30. The summed E-state index contributed by atoms with van der Waals surface area (Å²) in [5.41, 5.74) is 4.31. The van der Waals surface area contributed by atoms with E-state index in [1.807, 2.05) is 30.3 Å². The van der Waals surface area contributed by atoms with Crippen LogP contribution in [0.25, 0.3) is 5.57 Å². The first-order chi connectivity index (χ1) is 16.1. The van der Waals surface area contributed by atoms with Gasteiger partial charge in [-0.3, -0.25) is 9.59 Å². The molecule has 0 radical (unpaired) electrons. The van der Waals surface area contributed by atoms with E-state index in [2.05, 4.69) is 52.8 Å². The van der Waals surface area contributed by atoms with Crippen molar-refractivity contribution in [3.05, 3.63) is 77.4 Å². The molecule has 0 aliphatic carbocycles. The molecule has 0 saturated carbocycles. The molecule has 34 heavy (non-hydrogen) atoms. The highest BCUT2D eigenvalue weighted by atomic mass is 127. The lowest BCUT2D eigenvalue weighted by molar-refractivity contribution is -0.123. The summed E-state index contributed by atoms with van der Waals surface area (Å²) in [7, 11) is 0. The highest BCUT2D eigenvalue weighted by Crippen LogP contribution is 2.22. The van der Waals surface area contributed by atoms with Gasteiger partial charge in [-0.2, -0.15) is 0 Å². The molecule has 2 heterocycles. The second-order valence-corrected chi connectivity index (χ2v) is 8.24. The smallest absolute Gasteiger partial charge is 0.254 e. The van der Waals surface area contributed by atoms with Gasteiger partial charge in [0, 0.05) is 38.3 Å². The van der Waals surface area contributed by atoms with Crippen LogP contribution in [0.1, 0.15) is 34.8 Å². The number of benzene rings is 2. The maximum atomic E-state index is 12.6. The van der Waals surface area contributed by atoms with E-state index in [0.717, 1.165) is 37.6 Å². The summed E-state index contributed by atoms with van der Waals surface area (Å²) in [5.74, 6) is 0.683. The Morgan fingerprint density at radius 2 is 1.82 bits per heavy atom. The monoisotopic (exact) mass is 573 g/mol. The Labute approximate surface area is 218 Å². The average Bonchev–Trinajstić information content (AvgIpc) is 2.87. The van der Waals surface area contributed by atoms with Crippen molar-refractivity contribution >= 4 is 47.3 Å². The van der Waals surface area contributed by atoms with E-state index in [-0.39, 0.29) is 42.3 Å². The van der Waals surface area contributed by atoms with Gasteiger partial charge in [-0.15, -0.1) is 24.0 Å². The Morgan fingerprint density at radius 1 is 1.06 bits per heavy atom. The predicted octanol–water partition coefficient (Wildman–Crippen LogP) is 3.13. The van der Waals surface area contributed by atoms with Crippen LogP contribution in [-0.4, -0.2) is 66.8 Å². The number of nitrogens with one attached hydrogen (secondary N) is 2. The fourth-order valence-electron chi connectivity index (χ4n) is 4.12. The molecule has 2 N–H and O–H groups in total. The minimum atomic E-state index is -0.111. The van der Waals surface area contributed by atoms with Crippen LogP contribution in [-0.2, 0) is 11.3 Å². The molecule has 0 spiro atoms. The Kier molecular flexibility index (Phi) is 9.50. The van der Waals surface area contributed by atoms with Gasteiger partial charge in [0.05, 0.1) is 13.1 Å². The van der Waals surface area contributed by atoms with Crippen molar-refractivity contribution in [1.29, 1.82) is 0 Å². The van der Waals surface area contributed by atoms with E-state index < -0.39 is 0 Å². The predicted molar refractivity (Wildman–Crippen MR) is 146 cm³/mol. The zero-order chi connectivity index (χ0) is 23.0. The van der Waals surface area contributed by atoms with Crippen LogP contribution in [0.5, 0.6) is 0 Å². The molecule has 180 valence electrons. The average molecular weight is 573 g/mol. The van der Waals surface area contributed by atoms with E-state index in [1.165, 1.54) is 11.1 Å². The number of halogens is 1. The van der Waals surface area contributed by atoms with E-state index >= 15 is 0 Å². The number of aliphatic imine (C=N–C) groups is 1. The van der Waals surface area contributed by atoms with Gasteiger partial charge in [-0.1, -0.05) is 48.5 Å². The summed E-state index contributed by atoms with van der Waals surface area (Å²) in [4.78, 5) is 32.9. The minimum absolute atomic E-state index is 0. The molecule has 7 nitrogen and oxygen atoms in total. The molecule has 2 aromatic rings. The summed E-state index contributed by atoms with van der Waals surface area (Å²) in [6.07, 6.45) is 3.27. The third-order valence-corrected chi connectivity index (χ3v) is 5.93. The van der Waals surface area contributed by atoms with Crippen molar-refractivity contribution in [2.75, 3.05) is 39.3 Å². The molecule has 2 aliphatic heterocycles. The maximum Gasteiger partial charge on any atom is 0.254 e. The fraction of sp³-hybridized carbons (Fsp3) is 0.346. The molecule has 2 aliphatic rings. The number of carbonyl (C=O) groups excluding carboxylic acids is 2. The molecule has 0 bridgehead atoms. The van der Waals surface area contributed by atoms with E-state index in [4.69, 9.17) is 4.99 Å². The zero-order valence-electron chi connectivity index (χ0n) is 19.5. The first-order valence-electron chi connectivity index (χ1n) is 11.6. The maximum absolute atomic E-state index is 12.6. The number of carbonyl (C=O) groups is 2. The lowest BCUT2D eigenvalue weighted by Crippen LogP contribution is -2.49. The molecule has 2 amide bonds. The highest BCUT2D eigenvalue weighted by Gasteiger charge is 2.22. The number of guanidine groups is 1. The van der Waals surface area contributed by atoms with Gasteiger partial charge in [0.1, 0.15) is 0 Å². The summed E-state index contributed by atoms with van der Waals surface area (Å²) in [6.45, 7) is 6.33. The van der Waals surface area contributed by atoms with Crippen molar-refractivity contribution in [3.63, 3.8) is 0 Å². The fourth-order valence-corrected chi connectivity index (χ4v) is 4.12. The Bertz CT molecular complexity index is 1040. The Morgan fingerprint density at radius 3 is 2.47 bits per heavy atom. The minimum Gasteiger partial charge on any atom is -0.356 e. The van der Waals surface area contributed by atoms with Gasteiger partial charge in [0.25, 0.3) is 5.91 Å². The Balaban J connectivity index is 0.00000324. The molecule has 0 atom stereocenters. The molecule has 2 aromatic carbocycles. The second kappa shape index (κ2) is 12.5. The quantitative estimate of drug-likeness (QED) is 0.328. The summed E-state index contributed by atoms with van der Waals surface area (Å²) in [6, 6.07) is 18.0. The molecule has 1 saturated heterocycles. The molecular formula is C26H32IN5O2. The van der Waals surface area contributed by atoms with Gasteiger partial charge in [-0.05, 0) is 42.2 Å². The van der Waals surface area contributed by atoms with E-state index in [9.17, 15) is 9.59 Å². The first-order valence-corrected chi connectivity index (χ1v) is 11.6. The van der Waals surface area contributed by atoms with Gasteiger partial charge >= 0.3 is 0 Å². The number of hydrogen-bond donors (Lipinski definition) is 2. The van der Waals surface area contributed by atoms with Crippen LogP contribution in [0.3, 0.4) is 0 Å². The topological polar surface area (TPSA) is 77.0 Å². The Hall–Kier alpha value is -2.88. The molecule has 8 heteroatoms. The SMILES string of the molecule is CCNC(=NCc1ccc(C(=O)N2CCNC(=O)C2)cc1)N1CC=C(c2ccccc2)CC1.I. The standard InChI is InChI=1S/C26H31N5O2.HI/c1-2-27-26(30-15-12-22(13-16-30)21-6-4-3-5-7-21)29-18-20-8-10-23(11-9-20)25(33)31-17-14-28-24(32)19-31;/h3-12H,2,13-19H2,1H3,(H,27,29)(H,28,32);1H. The van der Waals surface area contributed by atoms with Crippen LogP contribution in [0.2, 0.25) is 0 Å². The zero-order valence-corrected chi connectivity index (χ0v) is 21.8. The molecule has 0 aromatic heterocycles. The van der Waals surface area contributed by atoms with Gasteiger partial charge in [0.15, 0.2) is 5.96 Å².